The van der Waals surface area contributed by atoms with Gasteiger partial charge in [0.05, 0.1) is 6.61 Å². The zero-order valence-electron chi connectivity index (χ0n) is 10.8. The van der Waals surface area contributed by atoms with Gasteiger partial charge in [0.2, 0.25) is 0 Å². The number of carbonyl (C=O) groups excluding carboxylic acids is 1. The lowest BCUT2D eigenvalue weighted by Gasteiger charge is -2.15. The van der Waals surface area contributed by atoms with Gasteiger partial charge in [-0.05, 0) is 25.7 Å². The molecule has 1 heterocycles. The first-order chi connectivity index (χ1) is 8.33. The maximum atomic E-state index is 11.3. The molecule has 4 heteroatoms. The highest BCUT2D eigenvalue weighted by Crippen LogP contribution is 2.15. The lowest BCUT2D eigenvalue weighted by atomic mass is 10.0. The van der Waals surface area contributed by atoms with Crippen molar-refractivity contribution in [2.45, 2.75) is 70.8 Å². The van der Waals surface area contributed by atoms with E-state index in [-0.39, 0.29) is 6.10 Å². The van der Waals surface area contributed by atoms with Gasteiger partial charge < -0.3 is 4.74 Å². The first kappa shape index (κ1) is 14.3. The molecule has 1 saturated heterocycles. The third-order valence-corrected chi connectivity index (χ3v) is 3.00. The Morgan fingerprint density at radius 3 is 2.59 bits per heavy atom. The highest BCUT2D eigenvalue weighted by Gasteiger charge is 2.15. The Hall–Kier alpha value is -0.770. The van der Waals surface area contributed by atoms with Crippen molar-refractivity contribution >= 4 is 6.16 Å². The predicted octanol–water partition coefficient (Wildman–Crippen LogP) is 3.98. The molecule has 0 aromatic carbocycles. The predicted molar refractivity (Wildman–Crippen MR) is 64.5 cm³/mol. The van der Waals surface area contributed by atoms with Crippen LogP contribution < -0.4 is 0 Å². The smallest absolute Gasteiger partial charge is 0.429 e. The number of ether oxygens (including phenoxy) is 1. The minimum atomic E-state index is -0.692. The van der Waals surface area contributed by atoms with Crippen LogP contribution in [0.4, 0.5) is 4.79 Å². The van der Waals surface area contributed by atoms with E-state index in [1.165, 1.54) is 19.3 Å². The number of cyclic esters (lactones) is 1. The summed E-state index contributed by atoms with van der Waals surface area (Å²) in [6.07, 6.45) is 9.04. The third-order valence-electron chi connectivity index (χ3n) is 3.00. The topological polar surface area (TPSA) is 44.8 Å². The second-order valence-electron chi connectivity index (χ2n) is 4.59. The molecule has 1 atom stereocenters. The van der Waals surface area contributed by atoms with E-state index in [1.807, 2.05) is 0 Å². The third kappa shape index (κ3) is 7.21. The summed E-state index contributed by atoms with van der Waals surface area (Å²) in [4.78, 5) is 20.7. The largest absolute Gasteiger partial charge is 0.540 e. The van der Waals surface area contributed by atoms with E-state index in [9.17, 15) is 4.79 Å². The fourth-order valence-electron chi connectivity index (χ4n) is 2.07. The Bertz CT molecular complexity index is 206. The molecule has 0 aromatic rings. The number of carbonyl (C=O) groups is 1. The molecular formula is C13H24O4. The molecule has 0 saturated carbocycles. The Kier molecular flexibility index (Phi) is 7.80. The summed E-state index contributed by atoms with van der Waals surface area (Å²) in [7, 11) is 0. The maximum absolute atomic E-state index is 11.3. The molecule has 100 valence electrons. The molecule has 0 spiro atoms. The molecule has 1 fully saturated rings. The van der Waals surface area contributed by atoms with Gasteiger partial charge in [0.15, 0.2) is 0 Å². The number of hydrogen-bond donors (Lipinski definition) is 0. The lowest BCUT2D eigenvalue weighted by molar-refractivity contribution is -0.258. The van der Waals surface area contributed by atoms with E-state index in [1.54, 1.807) is 0 Å². The van der Waals surface area contributed by atoms with Crippen molar-refractivity contribution in [3.63, 3.8) is 0 Å². The van der Waals surface area contributed by atoms with Gasteiger partial charge in [-0.2, -0.15) is 4.89 Å². The van der Waals surface area contributed by atoms with E-state index >= 15 is 0 Å². The fourth-order valence-corrected chi connectivity index (χ4v) is 2.07. The van der Waals surface area contributed by atoms with Crippen LogP contribution in [-0.2, 0) is 14.5 Å². The van der Waals surface area contributed by atoms with E-state index in [0.717, 1.165) is 38.5 Å². The van der Waals surface area contributed by atoms with Crippen LogP contribution >= 0.6 is 0 Å². The Morgan fingerprint density at radius 2 is 1.82 bits per heavy atom. The minimum Gasteiger partial charge on any atom is -0.429 e. The van der Waals surface area contributed by atoms with Crippen molar-refractivity contribution in [1.82, 2.24) is 0 Å². The molecule has 0 N–H and O–H groups in total. The quantitative estimate of drug-likeness (QED) is 0.544. The fraction of sp³-hybridized carbons (Fsp3) is 0.923. The van der Waals surface area contributed by atoms with E-state index in [0.29, 0.717) is 6.61 Å². The highest BCUT2D eigenvalue weighted by molar-refractivity contribution is 5.59. The normalized spacial score (nSPS) is 24.8. The molecule has 0 radical (unpaired) electrons. The lowest BCUT2D eigenvalue weighted by Crippen LogP contribution is -2.19. The van der Waals surface area contributed by atoms with Crippen molar-refractivity contribution < 1.29 is 19.3 Å². The second-order valence-corrected chi connectivity index (χ2v) is 4.59. The second kappa shape index (κ2) is 9.28. The average Bonchev–Trinajstić information content (AvgIpc) is 2.32. The summed E-state index contributed by atoms with van der Waals surface area (Å²) < 4.78 is 5.22. The van der Waals surface area contributed by atoms with Crippen LogP contribution in [0, 0.1) is 0 Å². The molecule has 1 aliphatic heterocycles. The molecule has 1 rings (SSSR count). The molecule has 0 aliphatic carbocycles. The molecule has 1 unspecified atom stereocenters. The average molecular weight is 244 g/mol. The molecule has 4 nitrogen and oxygen atoms in total. The Morgan fingerprint density at radius 1 is 1.12 bits per heavy atom. The van der Waals surface area contributed by atoms with Gasteiger partial charge >= 0.3 is 6.16 Å². The van der Waals surface area contributed by atoms with Crippen LogP contribution in [-0.4, -0.2) is 18.9 Å². The summed E-state index contributed by atoms with van der Waals surface area (Å²) in [5.41, 5.74) is 0. The van der Waals surface area contributed by atoms with E-state index in [4.69, 9.17) is 9.62 Å². The van der Waals surface area contributed by atoms with Crippen molar-refractivity contribution in [3.05, 3.63) is 0 Å². The van der Waals surface area contributed by atoms with Crippen LogP contribution in [0.25, 0.3) is 0 Å². The molecule has 1 aliphatic rings. The summed E-state index contributed by atoms with van der Waals surface area (Å²) in [6, 6.07) is 0. The van der Waals surface area contributed by atoms with E-state index in [2.05, 4.69) is 11.8 Å². The van der Waals surface area contributed by atoms with Gasteiger partial charge in [-0.15, -0.1) is 0 Å². The first-order valence-electron chi connectivity index (χ1n) is 6.83. The zero-order chi connectivity index (χ0) is 12.3. The van der Waals surface area contributed by atoms with Gasteiger partial charge in [-0.1, -0.05) is 39.0 Å². The Balaban J connectivity index is 2.35. The molecule has 0 amide bonds. The van der Waals surface area contributed by atoms with Gasteiger partial charge in [0, 0.05) is 0 Å². The van der Waals surface area contributed by atoms with Gasteiger partial charge in [0.1, 0.15) is 6.10 Å². The summed E-state index contributed by atoms with van der Waals surface area (Å²) in [6.45, 7) is 2.56. The van der Waals surface area contributed by atoms with Crippen molar-refractivity contribution in [2.75, 3.05) is 6.61 Å². The van der Waals surface area contributed by atoms with Gasteiger partial charge in [0.25, 0.3) is 0 Å². The standard InChI is InChI=1S/C13H24O4/c1-2-9-12-10-7-5-3-4-6-8-11-15-17-13(14)16-12/h12H,2-11H2,1H3. The van der Waals surface area contributed by atoms with Crippen molar-refractivity contribution in [2.24, 2.45) is 0 Å². The molecule has 17 heavy (non-hydrogen) atoms. The van der Waals surface area contributed by atoms with Crippen LogP contribution in [0.1, 0.15) is 64.7 Å². The number of hydrogen-bond acceptors (Lipinski definition) is 4. The van der Waals surface area contributed by atoms with Gasteiger partial charge in [-0.25, -0.2) is 4.79 Å². The van der Waals surface area contributed by atoms with Crippen LogP contribution in [0.3, 0.4) is 0 Å². The Labute approximate surface area is 104 Å². The summed E-state index contributed by atoms with van der Waals surface area (Å²) in [5.74, 6) is 0. The van der Waals surface area contributed by atoms with Gasteiger partial charge in [-0.3, -0.25) is 4.89 Å². The first-order valence-corrected chi connectivity index (χ1v) is 6.83. The number of rotatable bonds is 2. The monoisotopic (exact) mass is 244 g/mol. The summed E-state index contributed by atoms with van der Waals surface area (Å²) >= 11 is 0. The van der Waals surface area contributed by atoms with Crippen molar-refractivity contribution in [3.8, 4) is 0 Å². The van der Waals surface area contributed by atoms with Crippen LogP contribution in [0.2, 0.25) is 0 Å². The zero-order valence-corrected chi connectivity index (χ0v) is 10.8. The van der Waals surface area contributed by atoms with E-state index < -0.39 is 6.16 Å². The molecular weight excluding hydrogens is 220 g/mol. The van der Waals surface area contributed by atoms with Crippen LogP contribution in [0.15, 0.2) is 0 Å². The van der Waals surface area contributed by atoms with Crippen LogP contribution in [0.5, 0.6) is 0 Å². The molecule has 0 aromatic heterocycles. The van der Waals surface area contributed by atoms with Crippen molar-refractivity contribution in [1.29, 1.82) is 0 Å². The highest BCUT2D eigenvalue weighted by atomic mass is 17.2. The SMILES string of the molecule is CCCC1CCCCCCCCOOC(=O)O1. The minimum absolute atomic E-state index is 0.0168. The maximum Gasteiger partial charge on any atom is 0.540 e. The molecule has 0 bridgehead atoms. The summed E-state index contributed by atoms with van der Waals surface area (Å²) in [5, 5.41) is 0.